The fraction of sp³-hybridized carbons (Fsp3) is 0.231. The number of aromatic nitrogens is 5. The number of benzene rings is 1. The summed E-state index contributed by atoms with van der Waals surface area (Å²) >= 11 is 0. The Morgan fingerprint density at radius 1 is 1.03 bits per heavy atom. The van der Waals surface area contributed by atoms with Crippen LogP contribution in [0, 0.1) is 5.92 Å². The van der Waals surface area contributed by atoms with Crippen LogP contribution in [0.3, 0.4) is 0 Å². The van der Waals surface area contributed by atoms with E-state index in [1.54, 1.807) is 16.9 Å². The van der Waals surface area contributed by atoms with E-state index in [-0.39, 0.29) is 17.6 Å². The fourth-order valence-electron chi connectivity index (χ4n) is 4.66. The number of nitrogens with one attached hydrogen (secondary N) is 1. The second-order valence-electron chi connectivity index (χ2n) is 8.89. The summed E-state index contributed by atoms with van der Waals surface area (Å²) in [5.41, 5.74) is 3.09. The lowest BCUT2D eigenvalue weighted by molar-refractivity contribution is -0.120. The van der Waals surface area contributed by atoms with E-state index in [4.69, 9.17) is 0 Å². The van der Waals surface area contributed by atoms with Crippen LogP contribution in [0.15, 0.2) is 73.3 Å². The Kier molecular flexibility index (Phi) is 5.29. The van der Waals surface area contributed by atoms with Crippen LogP contribution in [-0.2, 0) is 11.3 Å². The van der Waals surface area contributed by atoms with E-state index < -0.39 is 0 Å². The summed E-state index contributed by atoms with van der Waals surface area (Å²) in [5, 5.41) is 18.4. The van der Waals surface area contributed by atoms with Gasteiger partial charge in [-0.1, -0.05) is 18.2 Å². The number of pyridine rings is 2. The Bertz CT molecular complexity index is 1480. The van der Waals surface area contributed by atoms with Gasteiger partial charge in [-0.2, -0.15) is 5.10 Å². The molecule has 0 aliphatic carbocycles. The van der Waals surface area contributed by atoms with E-state index in [1.165, 1.54) is 0 Å². The zero-order chi connectivity index (χ0) is 23.8. The van der Waals surface area contributed by atoms with Gasteiger partial charge < -0.3 is 19.7 Å². The molecule has 0 atom stereocenters. The van der Waals surface area contributed by atoms with Crippen molar-refractivity contribution in [1.82, 2.24) is 24.1 Å². The van der Waals surface area contributed by atoms with Crippen LogP contribution in [0.5, 0.6) is 5.75 Å². The first-order chi connectivity index (χ1) is 17.1. The number of hydrogen-bond donors (Lipinski definition) is 2. The number of carbonyl (C=O) groups excluding carboxylic acids is 1. The Balaban J connectivity index is 1.06. The minimum atomic E-state index is -0.0677. The van der Waals surface area contributed by atoms with Crippen molar-refractivity contribution >= 4 is 34.0 Å². The van der Waals surface area contributed by atoms with Crippen LogP contribution in [0.1, 0.15) is 18.5 Å². The Morgan fingerprint density at radius 3 is 2.77 bits per heavy atom. The highest BCUT2D eigenvalue weighted by molar-refractivity contribution is 5.92. The first-order valence-corrected chi connectivity index (χ1v) is 11.7. The number of phenolic OH excluding ortho intramolecular Hbond substituents is 1. The molecule has 1 aromatic carbocycles. The average molecular weight is 468 g/mol. The molecule has 9 heteroatoms. The second kappa shape index (κ2) is 8.75. The number of rotatable bonds is 5. The molecule has 1 aliphatic heterocycles. The number of para-hydroxylation sites is 1. The number of carbonyl (C=O) groups is 1. The molecular weight excluding hydrogens is 442 g/mol. The molecule has 1 saturated heterocycles. The minimum Gasteiger partial charge on any atom is -0.506 e. The third kappa shape index (κ3) is 4.28. The molecule has 1 aliphatic rings. The second-order valence-corrected chi connectivity index (χ2v) is 8.89. The summed E-state index contributed by atoms with van der Waals surface area (Å²) in [6.07, 6.45) is 8.93. The van der Waals surface area contributed by atoms with Gasteiger partial charge >= 0.3 is 0 Å². The predicted octanol–water partition coefficient (Wildman–Crippen LogP) is 3.69. The zero-order valence-corrected chi connectivity index (χ0v) is 19.1. The monoisotopic (exact) mass is 467 g/mol. The van der Waals surface area contributed by atoms with E-state index in [0.717, 1.165) is 48.5 Å². The molecule has 4 aromatic heterocycles. The highest BCUT2D eigenvalue weighted by Crippen LogP contribution is 2.28. The van der Waals surface area contributed by atoms with Crippen molar-refractivity contribution in [2.45, 2.75) is 19.4 Å². The van der Waals surface area contributed by atoms with Crippen LogP contribution >= 0.6 is 0 Å². The van der Waals surface area contributed by atoms with Gasteiger partial charge in [0.2, 0.25) is 5.91 Å². The smallest absolute Gasteiger partial charge is 0.227 e. The number of piperidine rings is 1. The van der Waals surface area contributed by atoms with Gasteiger partial charge in [-0.15, -0.1) is 0 Å². The molecule has 176 valence electrons. The molecule has 9 nitrogen and oxygen atoms in total. The van der Waals surface area contributed by atoms with Crippen LogP contribution in [0.2, 0.25) is 0 Å². The Morgan fingerprint density at radius 2 is 1.91 bits per heavy atom. The fourth-order valence-corrected chi connectivity index (χ4v) is 4.66. The quantitative estimate of drug-likeness (QED) is 0.409. The minimum absolute atomic E-state index is 0.0149. The van der Waals surface area contributed by atoms with Gasteiger partial charge in [0.05, 0.1) is 24.1 Å². The van der Waals surface area contributed by atoms with E-state index in [9.17, 15) is 9.90 Å². The first-order valence-electron chi connectivity index (χ1n) is 11.7. The maximum atomic E-state index is 12.9. The maximum Gasteiger partial charge on any atom is 0.227 e. The molecule has 2 N–H and O–H groups in total. The summed E-state index contributed by atoms with van der Waals surface area (Å²) < 4.78 is 3.75. The molecule has 6 rings (SSSR count). The molecule has 0 unspecified atom stereocenters. The molecule has 0 spiro atoms. The third-order valence-electron chi connectivity index (χ3n) is 6.51. The van der Waals surface area contributed by atoms with Gasteiger partial charge in [0.25, 0.3) is 0 Å². The van der Waals surface area contributed by atoms with Crippen molar-refractivity contribution in [1.29, 1.82) is 0 Å². The number of amides is 1. The molecule has 5 aromatic rings. The van der Waals surface area contributed by atoms with E-state index in [0.29, 0.717) is 17.7 Å². The zero-order valence-electron chi connectivity index (χ0n) is 19.1. The number of phenols is 1. The lowest BCUT2D eigenvalue weighted by atomic mass is 9.96. The van der Waals surface area contributed by atoms with E-state index in [1.807, 2.05) is 65.5 Å². The van der Waals surface area contributed by atoms with Crippen molar-refractivity contribution in [3.05, 3.63) is 79.0 Å². The normalized spacial score (nSPS) is 14.6. The van der Waals surface area contributed by atoms with Gasteiger partial charge in [0.15, 0.2) is 0 Å². The lowest BCUT2D eigenvalue weighted by Gasteiger charge is -2.32. The predicted molar refractivity (Wildman–Crippen MR) is 133 cm³/mol. The van der Waals surface area contributed by atoms with Crippen molar-refractivity contribution in [3.8, 4) is 5.75 Å². The molecule has 1 fully saturated rings. The van der Waals surface area contributed by atoms with Crippen molar-refractivity contribution in [2.24, 2.45) is 5.92 Å². The maximum absolute atomic E-state index is 12.9. The Labute approximate surface area is 201 Å². The molecule has 0 radical (unpaired) electrons. The largest absolute Gasteiger partial charge is 0.506 e. The summed E-state index contributed by atoms with van der Waals surface area (Å²) in [6, 6.07) is 15.2. The number of aromatic hydroxyl groups is 1. The number of anilines is 2. The summed E-state index contributed by atoms with van der Waals surface area (Å²) in [4.78, 5) is 24.3. The number of fused-ring (bicyclic) bond motifs is 2. The van der Waals surface area contributed by atoms with Gasteiger partial charge in [-0.05, 0) is 43.2 Å². The van der Waals surface area contributed by atoms with Crippen molar-refractivity contribution < 1.29 is 9.90 Å². The van der Waals surface area contributed by atoms with Crippen LogP contribution in [-0.4, -0.2) is 48.3 Å². The topological polar surface area (TPSA) is 101 Å². The van der Waals surface area contributed by atoms with Gasteiger partial charge in [-0.3, -0.25) is 9.48 Å². The summed E-state index contributed by atoms with van der Waals surface area (Å²) in [7, 11) is 0. The Hall–Kier alpha value is -4.40. The van der Waals surface area contributed by atoms with Crippen LogP contribution < -0.4 is 10.2 Å². The highest BCUT2D eigenvalue weighted by Gasteiger charge is 2.26. The standard InChI is InChI=1S/C26H25N7O2/c34-22-5-3-4-18-7-8-24(30-25(18)22)31-12-9-19(10-13-31)26(35)29-20-14-27-33(16-20)17-21-15-32-11-2-1-6-23(32)28-21/h1-8,11,14-16,19,34H,9-10,12-13,17H2,(H,29,35). The first kappa shape index (κ1) is 21.2. The van der Waals surface area contributed by atoms with Crippen molar-refractivity contribution in [3.63, 3.8) is 0 Å². The van der Waals surface area contributed by atoms with Gasteiger partial charge in [0, 0.05) is 43.0 Å². The van der Waals surface area contributed by atoms with E-state index >= 15 is 0 Å². The number of nitrogens with zero attached hydrogens (tertiary/aromatic N) is 6. The van der Waals surface area contributed by atoms with Gasteiger partial charge in [-0.25, -0.2) is 9.97 Å². The highest BCUT2D eigenvalue weighted by atomic mass is 16.3. The third-order valence-corrected chi connectivity index (χ3v) is 6.51. The van der Waals surface area contributed by atoms with Gasteiger partial charge in [0.1, 0.15) is 22.7 Å². The lowest BCUT2D eigenvalue weighted by Crippen LogP contribution is -2.38. The van der Waals surface area contributed by atoms with Crippen molar-refractivity contribution in [2.75, 3.05) is 23.3 Å². The van der Waals surface area contributed by atoms with Crippen LogP contribution in [0.4, 0.5) is 11.5 Å². The van der Waals surface area contributed by atoms with E-state index in [2.05, 4.69) is 25.3 Å². The molecular formula is C26H25N7O2. The SMILES string of the molecule is O=C(Nc1cnn(Cc2cn3ccccc3n2)c1)C1CCN(c2ccc3cccc(O)c3n2)CC1. The van der Waals surface area contributed by atoms with Crippen LogP contribution in [0.25, 0.3) is 16.6 Å². The average Bonchev–Trinajstić information content (AvgIpc) is 3.50. The molecule has 0 saturated carbocycles. The molecule has 1 amide bonds. The summed E-state index contributed by atoms with van der Waals surface area (Å²) in [6.45, 7) is 2.00. The number of hydrogen-bond acceptors (Lipinski definition) is 6. The molecule has 5 heterocycles. The number of imidazole rings is 1. The molecule has 35 heavy (non-hydrogen) atoms. The summed E-state index contributed by atoms with van der Waals surface area (Å²) in [5.74, 6) is 0.953. The molecule has 0 bridgehead atoms.